The molecule has 0 aromatic heterocycles. The zero-order valence-electron chi connectivity index (χ0n) is 8.67. The fraction of sp³-hybridized carbons (Fsp3) is 0.800. The second-order valence-corrected chi connectivity index (χ2v) is 3.78. The van der Waals surface area contributed by atoms with Crippen molar-refractivity contribution in [1.82, 2.24) is 5.32 Å². The highest BCUT2D eigenvalue weighted by Crippen LogP contribution is 2.05. The predicted octanol–water partition coefficient (Wildman–Crippen LogP) is 1.52. The van der Waals surface area contributed by atoms with Gasteiger partial charge in [0.1, 0.15) is 6.29 Å². The summed E-state index contributed by atoms with van der Waals surface area (Å²) in [7, 11) is 0. The molecule has 0 saturated heterocycles. The molecular formula is C10H19NO2. The van der Waals surface area contributed by atoms with Crippen LogP contribution in [0.1, 0.15) is 40.0 Å². The summed E-state index contributed by atoms with van der Waals surface area (Å²) in [6, 6.07) is -0.355. The minimum atomic E-state index is -0.355. The van der Waals surface area contributed by atoms with Gasteiger partial charge in [-0.25, -0.2) is 0 Å². The van der Waals surface area contributed by atoms with Crippen LogP contribution in [0, 0.1) is 5.92 Å². The zero-order chi connectivity index (χ0) is 10.3. The van der Waals surface area contributed by atoms with E-state index in [1.807, 2.05) is 0 Å². The summed E-state index contributed by atoms with van der Waals surface area (Å²) >= 11 is 0. The Bertz CT molecular complexity index is 166. The van der Waals surface area contributed by atoms with Crippen molar-refractivity contribution in [3.63, 3.8) is 0 Å². The molecule has 0 aromatic rings. The van der Waals surface area contributed by atoms with E-state index in [-0.39, 0.29) is 11.9 Å². The van der Waals surface area contributed by atoms with Crippen LogP contribution in [0.2, 0.25) is 0 Å². The van der Waals surface area contributed by atoms with Crippen molar-refractivity contribution in [2.75, 3.05) is 0 Å². The van der Waals surface area contributed by atoms with E-state index in [1.165, 1.54) is 0 Å². The quantitative estimate of drug-likeness (QED) is 0.638. The van der Waals surface area contributed by atoms with Gasteiger partial charge in [-0.2, -0.15) is 0 Å². The maximum atomic E-state index is 11.1. The van der Waals surface area contributed by atoms with E-state index in [0.717, 1.165) is 19.1 Å². The number of aldehydes is 1. The molecule has 1 N–H and O–H groups in total. The van der Waals surface area contributed by atoms with E-state index in [4.69, 9.17) is 0 Å². The summed E-state index contributed by atoms with van der Waals surface area (Å²) < 4.78 is 0. The van der Waals surface area contributed by atoms with Gasteiger partial charge in [0.2, 0.25) is 5.91 Å². The van der Waals surface area contributed by atoms with E-state index in [0.29, 0.717) is 12.3 Å². The largest absolute Gasteiger partial charge is 0.347 e. The van der Waals surface area contributed by atoms with E-state index < -0.39 is 0 Å². The van der Waals surface area contributed by atoms with Gasteiger partial charge in [0.25, 0.3) is 0 Å². The number of carbonyl (C=O) groups is 2. The van der Waals surface area contributed by atoms with Gasteiger partial charge in [0.15, 0.2) is 0 Å². The highest BCUT2D eigenvalue weighted by molar-refractivity contribution is 5.79. The van der Waals surface area contributed by atoms with Crippen LogP contribution >= 0.6 is 0 Å². The van der Waals surface area contributed by atoms with Crippen LogP contribution in [-0.4, -0.2) is 18.2 Å². The number of hydrogen-bond donors (Lipinski definition) is 1. The predicted molar refractivity (Wildman–Crippen MR) is 52.4 cm³/mol. The molecule has 0 aromatic carbocycles. The van der Waals surface area contributed by atoms with Crippen molar-refractivity contribution in [2.45, 2.75) is 46.1 Å². The molecule has 0 aliphatic rings. The van der Waals surface area contributed by atoms with Crippen molar-refractivity contribution in [3.8, 4) is 0 Å². The zero-order valence-corrected chi connectivity index (χ0v) is 8.67. The molecule has 13 heavy (non-hydrogen) atoms. The smallest absolute Gasteiger partial charge is 0.220 e. The van der Waals surface area contributed by atoms with Crippen molar-refractivity contribution < 1.29 is 9.59 Å². The number of amides is 1. The van der Waals surface area contributed by atoms with Crippen molar-refractivity contribution in [2.24, 2.45) is 5.92 Å². The van der Waals surface area contributed by atoms with Gasteiger partial charge in [-0.15, -0.1) is 0 Å². The summed E-state index contributed by atoms with van der Waals surface area (Å²) in [6.45, 7) is 5.94. The molecule has 0 aliphatic heterocycles. The third kappa shape index (κ3) is 7.50. The maximum absolute atomic E-state index is 11.1. The Morgan fingerprint density at radius 3 is 2.46 bits per heavy atom. The SMILES string of the molecule is CC(C)CCCC(=O)N[C@@H](C)C=O. The molecule has 0 saturated carbocycles. The average molecular weight is 185 g/mol. The summed E-state index contributed by atoms with van der Waals surface area (Å²) in [5, 5.41) is 2.60. The lowest BCUT2D eigenvalue weighted by Crippen LogP contribution is -2.33. The Kier molecular flexibility index (Phi) is 6.20. The first-order valence-corrected chi connectivity index (χ1v) is 4.81. The first-order chi connectivity index (χ1) is 6.06. The van der Waals surface area contributed by atoms with Crippen LogP contribution in [-0.2, 0) is 9.59 Å². The molecule has 1 amide bonds. The van der Waals surface area contributed by atoms with E-state index in [2.05, 4.69) is 19.2 Å². The molecule has 1 atom stereocenters. The highest BCUT2D eigenvalue weighted by atomic mass is 16.2. The lowest BCUT2D eigenvalue weighted by atomic mass is 10.1. The van der Waals surface area contributed by atoms with Crippen LogP contribution in [0.15, 0.2) is 0 Å². The van der Waals surface area contributed by atoms with E-state index in [9.17, 15) is 9.59 Å². The Labute approximate surface area is 79.9 Å². The number of carbonyl (C=O) groups excluding carboxylic acids is 2. The fourth-order valence-corrected chi connectivity index (χ4v) is 1.03. The normalized spacial score (nSPS) is 12.6. The first-order valence-electron chi connectivity index (χ1n) is 4.81. The summed E-state index contributed by atoms with van der Waals surface area (Å²) in [4.78, 5) is 21.3. The molecule has 0 heterocycles. The summed E-state index contributed by atoms with van der Waals surface area (Å²) in [5.74, 6) is 0.608. The van der Waals surface area contributed by atoms with Crippen LogP contribution < -0.4 is 5.32 Å². The second kappa shape index (κ2) is 6.63. The Hall–Kier alpha value is -0.860. The van der Waals surface area contributed by atoms with Crippen molar-refractivity contribution >= 4 is 12.2 Å². The number of rotatable bonds is 6. The van der Waals surface area contributed by atoms with Crippen LogP contribution in [0.5, 0.6) is 0 Å². The van der Waals surface area contributed by atoms with Gasteiger partial charge in [-0.1, -0.05) is 20.3 Å². The van der Waals surface area contributed by atoms with Gasteiger partial charge >= 0.3 is 0 Å². The van der Waals surface area contributed by atoms with Crippen molar-refractivity contribution in [3.05, 3.63) is 0 Å². The molecule has 0 spiro atoms. The Balaban J connectivity index is 3.46. The minimum Gasteiger partial charge on any atom is -0.347 e. The molecule has 0 radical (unpaired) electrons. The number of hydrogen-bond acceptors (Lipinski definition) is 2. The van der Waals surface area contributed by atoms with Crippen LogP contribution in [0.3, 0.4) is 0 Å². The van der Waals surface area contributed by atoms with Crippen molar-refractivity contribution in [1.29, 1.82) is 0 Å². The second-order valence-electron chi connectivity index (χ2n) is 3.78. The third-order valence-corrected chi connectivity index (χ3v) is 1.78. The molecule has 0 bridgehead atoms. The molecule has 76 valence electrons. The minimum absolute atomic E-state index is 0.0275. The van der Waals surface area contributed by atoms with E-state index in [1.54, 1.807) is 6.92 Å². The lowest BCUT2D eigenvalue weighted by Gasteiger charge is -2.07. The molecule has 3 heteroatoms. The molecular weight excluding hydrogens is 166 g/mol. The van der Waals surface area contributed by atoms with Crippen LogP contribution in [0.4, 0.5) is 0 Å². The van der Waals surface area contributed by atoms with Gasteiger partial charge in [0, 0.05) is 6.42 Å². The van der Waals surface area contributed by atoms with Gasteiger partial charge < -0.3 is 10.1 Å². The van der Waals surface area contributed by atoms with E-state index >= 15 is 0 Å². The Morgan fingerprint density at radius 1 is 1.38 bits per heavy atom. The first kappa shape index (κ1) is 12.1. The van der Waals surface area contributed by atoms with Crippen LogP contribution in [0.25, 0.3) is 0 Å². The molecule has 0 aliphatic carbocycles. The maximum Gasteiger partial charge on any atom is 0.220 e. The monoisotopic (exact) mass is 185 g/mol. The highest BCUT2D eigenvalue weighted by Gasteiger charge is 2.05. The molecule has 0 rings (SSSR count). The van der Waals surface area contributed by atoms with Gasteiger partial charge in [-0.05, 0) is 19.3 Å². The molecule has 3 nitrogen and oxygen atoms in total. The average Bonchev–Trinajstić information content (AvgIpc) is 2.03. The summed E-state index contributed by atoms with van der Waals surface area (Å²) in [5.41, 5.74) is 0. The number of nitrogens with one attached hydrogen (secondary N) is 1. The standard InChI is InChI=1S/C10H19NO2/c1-8(2)5-4-6-10(13)11-9(3)7-12/h7-9H,4-6H2,1-3H3,(H,11,13)/t9-/m0/s1. The fourth-order valence-electron chi connectivity index (χ4n) is 1.03. The molecule has 0 fully saturated rings. The Morgan fingerprint density at radius 2 is 2.00 bits per heavy atom. The third-order valence-electron chi connectivity index (χ3n) is 1.78. The topological polar surface area (TPSA) is 46.2 Å². The molecule has 0 unspecified atom stereocenters. The summed E-state index contributed by atoms with van der Waals surface area (Å²) in [6.07, 6.45) is 3.22. The lowest BCUT2D eigenvalue weighted by molar-refractivity contribution is -0.123. The van der Waals surface area contributed by atoms with Gasteiger partial charge in [0.05, 0.1) is 6.04 Å². The van der Waals surface area contributed by atoms with Gasteiger partial charge in [-0.3, -0.25) is 4.79 Å².